The maximum absolute atomic E-state index is 5.45. The third kappa shape index (κ3) is 4.02. The highest BCUT2D eigenvalue weighted by Gasteiger charge is 2.10. The molecule has 4 heteroatoms. The van der Waals surface area contributed by atoms with Crippen LogP contribution < -0.4 is 10.1 Å². The highest BCUT2D eigenvalue weighted by atomic mass is 32.2. The molecule has 16 heavy (non-hydrogen) atoms. The van der Waals surface area contributed by atoms with E-state index < -0.39 is 0 Å². The number of hydrogen-bond donors (Lipinski definition) is 1. The van der Waals surface area contributed by atoms with Crippen LogP contribution in [0, 0.1) is 0 Å². The van der Waals surface area contributed by atoms with Crippen LogP contribution in [0.2, 0.25) is 0 Å². The van der Waals surface area contributed by atoms with Crippen molar-refractivity contribution in [3.63, 3.8) is 0 Å². The minimum absolute atomic E-state index is 0.345. The van der Waals surface area contributed by atoms with Gasteiger partial charge in [-0.1, -0.05) is 6.92 Å². The van der Waals surface area contributed by atoms with Crippen molar-refractivity contribution in [2.75, 3.05) is 25.2 Å². The average molecular weight is 240 g/mol. The van der Waals surface area contributed by atoms with Crippen LogP contribution in [-0.2, 0) is 0 Å². The van der Waals surface area contributed by atoms with E-state index in [0.29, 0.717) is 12.6 Å². The Bertz CT molecular complexity index is 307. The minimum Gasteiger partial charge on any atom is -0.492 e. The Kier molecular flexibility index (Phi) is 6.26. The molecule has 1 rings (SSSR count). The van der Waals surface area contributed by atoms with Gasteiger partial charge in [-0.05, 0) is 31.4 Å². The second-order valence-corrected chi connectivity index (χ2v) is 4.71. The second-order valence-electron chi connectivity index (χ2n) is 3.39. The van der Waals surface area contributed by atoms with Gasteiger partial charge in [0.1, 0.15) is 5.75 Å². The Hall–Kier alpha value is -0.740. The van der Waals surface area contributed by atoms with Crippen molar-refractivity contribution in [2.45, 2.75) is 19.9 Å². The molecule has 0 radical (unpaired) electrons. The molecule has 1 N–H and O–H groups in total. The summed E-state index contributed by atoms with van der Waals surface area (Å²) in [6, 6.07) is 2.41. The summed E-state index contributed by atoms with van der Waals surface area (Å²) in [5.74, 6) is 3.04. The molecule has 90 valence electrons. The Morgan fingerprint density at radius 1 is 1.44 bits per heavy atom. The van der Waals surface area contributed by atoms with Crippen LogP contribution in [0.5, 0.6) is 5.75 Å². The van der Waals surface area contributed by atoms with Crippen molar-refractivity contribution in [2.24, 2.45) is 0 Å². The van der Waals surface area contributed by atoms with Crippen LogP contribution >= 0.6 is 11.8 Å². The van der Waals surface area contributed by atoms with E-state index in [1.807, 2.05) is 31.9 Å². The third-order valence-electron chi connectivity index (χ3n) is 2.28. The first-order valence-electron chi connectivity index (χ1n) is 5.64. The van der Waals surface area contributed by atoms with E-state index >= 15 is 0 Å². The molecule has 0 aliphatic carbocycles. The van der Waals surface area contributed by atoms with E-state index in [-0.39, 0.29) is 0 Å². The zero-order valence-electron chi connectivity index (χ0n) is 10.2. The summed E-state index contributed by atoms with van der Waals surface area (Å²) in [6.45, 7) is 4.83. The quantitative estimate of drug-likeness (QED) is 0.794. The molecule has 0 aliphatic rings. The van der Waals surface area contributed by atoms with Crippen LogP contribution in [0.25, 0.3) is 0 Å². The van der Waals surface area contributed by atoms with Crippen molar-refractivity contribution in [1.82, 2.24) is 10.3 Å². The lowest BCUT2D eigenvalue weighted by Gasteiger charge is -2.16. The lowest BCUT2D eigenvalue weighted by Crippen LogP contribution is -2.19. The summed E-state index contributed by atoms with van der Waals surface area (Å²) in [4.78, 5) is 4.21. The normalized spacial score (nSPS) is 12.4. The zero-order chi connectivity index (χ0) is 11.8. The summed E-state index contributed by atoms with van der Waals surface area (Å²) in [6.07, 6.45) is 3.66. The molecule has 0 spiro atoms. The van der Waals surface area contributed by atoms with Gasteiger partial charge in [-0.15, -0.1) is 0 Å². The number of aromatic nitrogens is 1. The highest BCUT2D eigenvalue weighted by Crippen LogP contribution is 2.20. The fraction of sp³-hybridized carbons (Fsp3) is 0.583. The van der Waals surface area contributed by atoms with Gasteiger partial charge in [-0.2, -0.15) is 11.8 Å². The molecule has 0 aliphatic heterocycles. The first-order valence-corrected chi connectivity index (χ1v) is 6.80. The summed E-state index contributed by atoms with van der Waals surface area (Å²) >= 11 is 1.92. The first kappa shape index (κ1) is 13.3. The SMILES string of the molecule is CCOc1cncc(C(CSCC)NC)c1. The van der Waals surface area contributed by atoms with Gasteiger partial charge >= 0.3 is 0 Å². The van der Waals surface area contributed by atoms with Gasteiger partial charge in [-0.3, -0.25) is 4.98 Å². The van der Waals surface area contributed by atoms with Crippen molar-refractivity contribution >= 4 is 11.8 Å². The third-order valence-corrected chi connectivity index (χ3v) is 3.26. The largest absolute Gasteiger partial charge is 0.492 e. The molecule has 0 fully saturated rings. The van der Waals surface area contributed by atoms with Crippen LogP contribution in [0.4, 0.5) is 0 Å². The predicted molar refractivity (Wildman–Crippen MR) is 70.2 cm³/mol. The second kappa shape index (κ2) is 7.52. The maximum Gasteiger partial charge on any atom is 0.137 e. The molecule has 1 aromatic rings. The number of nitrogens with one attached hydrogen (secondary N) is 1. The fourth-order valence-electron chi connectivity index (χ4n) is 1.45. The number of rotatable bonds is 7. The van der Waals surface area contributed by atoms with Gasteiger partial charge in [0.05, 0.1) is 12.8 Å². The van der Waals surface area contributed by atoms with Crippen molar-refractivity contribution in [3.05, 3.63) is 24.0 Å². The molecule has 0 aromatic carbocycles. The molecule has 0 bridgehead atoms. The lowest BCUT2D eigenvalue weighted by molar-refractivity contribution is 0.338. The van der Waals surface area contributed by atoms with Crippen molar-refractivity contribution < 1.29 is 4.74 Å². The summed E-state index contributed by atoms with van der Waals surface area (Å²) in [5, 5.41) is 3.31. The van der Waals surface area contributed by atoms with Crippen LogP contribution in [0.15, 0.2) is 18.5 Å². The van der Waals surface area contributed by atoms with Gasteiger partial charge in [0.15, 0.2) is 0 Å². The van der Waals surface area contributed by atoms with Gasteiger partial charge < -0.3 is 10.1 Å². The molecular weight excluding hydrogens is 220 g/mol. The Morgan fingerprint density at radius 3 is 2.88 bits per heavy atom. The Balaban J connectivity index is 2.71. The molecule has 1 heterocycles. The predicted octanol–water partition coefficient (Wildman–Crippen LogP) is 2.49. The molecule has 1 unspecified atom stereocenters. The highest BCUT2D eigenvalue weighted by molar-refractivity contribution is 7.99. The number of ether oxygens (including phenoxy) is 1. The smallest absolute Gasteiger partial charge is 0.137 e. The maximum atomic E-state index is 5.45. The zero-order valence-corrected chi connectivity index (χ0v) is 11.0. The fourth-order valence-corrected chi connectivity index (χ4v) is 2.28. The molecular formula is C12H20N2OS. The Labute approximate surface area is 102 Å². The lowest BCUT2D eigenvalue weighted by atomic mass is 10.1. The van der Waals surface area contributed by atoms with E-state index in [0.717, 1.165) is 17.3 Å². The van der Waals surface area contributed by atoms with Crippen molar-refractivity contribution in [3.8, 4) is 5.75 Å². The van der Waals surface area contributed by atoms with Crippen LogP contribution in [-0.4, -0.2) is 30.1 Å². The number of thioether (sulfide) groups is 1. The molecule has 0 amide bonds. The van der Waals surface area contributed by atoms with E-state index in [1.54, 1.807) is 6.20 Å². The average Bonchev–Trinajstić information content (AvgIpc) is 2.31. The van der Waals surface area contributed by atoms with E-state index in [1.165, 1.54) is 5.56 Å². The van der Waals surface area contributed by atoms with Gasteiger partial charge in [0.25, 0.3) is 0 Å². The van der Waals surface area contributed by atoms with Gasteiger partial charge in [0, 0.05) is 18.0 Å². The summed E-state index contributed by atoms with van der Waals surface area (Å²) in [7, 11) is 1.98. The van der Waals surface area contributed by atoms with E-state index in [2.05, 4.69) is 23.3 Å². The number of nitrogens with zero attached hydrogens (tertiary/aromatic N) is 1. The van der Waals surface area contributed by atoms with Gasteiger partial charge in [0.2, 0.25) is 0 Å². The van der Waals surface area contributed by atoms with E-state index in [9.17, 15) is 0 Å². The topological polar surface area (TPSA) is 34.1 Å². The Morgan fingerprint density at radius 2 is 2.25 bits per heavy atom. The molecule has 0 saturated carbocycles. The van der Waals surface area contributed by atoms with Crippen LogP contribution in [0.1, 0.15) is 25.5 Å². The van der Waals surface area contributed by atoms with Crippen molar-refractivity contribution in [1.29, 1.82) is 0 Å². The molecule has 3 nitrogen and oxygen atoms in total. The number of pyridine rings is 1. The number of hydrogen-bond acceptors (Lipinski definition) is 4. The molecule has 1 aromatic heterocycles. The molecule has 1 atom stereocenters. The standard InChI is InChI=1S/C12H20N2OS/c1-4-15-11-6-10(7-14-8-11)12(13-3)9-16-5-2/h6-8,12-13H,4-5,9H2,1-3H3. The summed E-state index contributed by atoms with van der Waals surface area (Å²) in [5.41, 5.74) is 1.19. The van der Waals surface area contributed by atoms with Crippen LogP contribution in [0.3, 0.4) is 0 Å². The first-order chi connectivity index (χ1) is 7.81. The monoisotopic (exact) mass is 240 g/mol. The minimum atomic E-state index is 0.345. The summed E-state index contributed by atoms with van der Waals surface area (Å²) < 4.78 is 5.45. The molecule has 0 saturated heterocycles. The van der Waals surface area contributed by atoms with E-state index in [4.69, 9.17) is 4.74 Å². The van der Waals surface area contributed by atoms with Gasteiger partial charge in [-0.25, -0.2) is 0 Å².